The molecule has 1 aromatic carbocycles. The van der Waals surface area contributed by atoms with Gasteiger partial charge in [0.25, 0.3) is 10.0 Å². The minimum absolute atomic E-state index is 0.0176. The molecule has 0 saturated carbocycles. The fraction of sp³-hybridized carbons (Fsp3) is 0.150. The Morgan fingerprint density at radius 3 is 2.53 bits per heavy atom. The van der Waals surface area contributed by atoms with Gasteiger partial charge in [0.1, 0.15) is 12.3 Å². The Hall–Kier alpha value is -2.93. The van der Waals surface area contributed by atoms with Crippen LogP contribution in [0.1, 0.15) is 21.6 Å². The average Bonchev–Trinajstić information content (AvgIpc) is 2.76. The molecule has 3 aromatic rings. The van der Waals surface area contributed by atoms with Gasteiger partial charge >= 0.3 is 6.18 Å². The summed E-state index contributed by atoms with van der Waals surface area (Å²) in [5.41, 5.74) is -2.07. The van der Waals surface area contributed by atoms with Gasteiger partial charge in [-0.25, -0.2) is 18.4 Å². The van der Waals surface area contributed by atoms with E-state index >= 15 is 0 Å². The van der Waals surface area contributed by atoms with Gasteiger partial charge in [0, 0.05) is 24.0 Å². The highest BCUT2D eigenvalue weighted by Crippen LogP contribution is 2.36. The first-order chi connectivity index (χ1) is 15.9. The van der Waals surface area contributed by atoms with Crippen LogP contribution >= 0.6 is 23.2 Å². The van der Waals surface area contributed by atoms with E-state index in [1.807, 2.05) is 0 Å². The van der Waals surface area contributed by atoms with E-state index in [-0.39, 0.29) is 41.1 Å². The summed E-state index contributed by atoms with van der Waals surface area (Å²) in [5.74, 6) is -0.727. The minimum Gasteiger partial charge on any atom is -0.475 e. The van der Waals surface area contributed by atoms with Crippen LogP contribution in [-0.2, 0) is 16.2 Å². The van der Waals surface area contributed by atoms with Crippen LogP contribution in [-0.4, -0.2) is 42.5 Å². The van der Waals surface area contributed by atoms with E-state index in [9.17, 15) is 26.4 Å². The predicted octanol–water partition coefficient (Wildman–Crippen LogP) is 4.21. The summed E-state index contributed by atoms with van der Waals surface area (Å²) in [6.07, 6.45) is -2.54. The molecular formula is C20H14Cl2F3N3O5S. The SMILES string of the molecule is O=C(c1ccnc(OCCO)c1)c1ncc(Cl)cc1NS(=O)(=O)c1ccc(Cl)c(C(F)(F)F)c1. The van der Waals surface area contributed by atoms with Gasteiger partial charge < -0.3 is 9.84 Å². The van der Waals surface area contributed by atoms with E-state index in [2.05, 4.69) is 14.7 Å². The number of aliphatic hydroxyl groups is 1. The standard InChI is InChI=1S/C20H14Cl2F3N3O5S/c21-12-8-16(28-34(31,32)13-1-2-15(22)14(9-13)20(23,24)25)18(27-10-12)19(30)11-3-4-26-17(7-11)33-6-5-29/h1-4,7-10,28-29H,5-6H2. The van der Waals surface area contributed by atoms with Crippen molar-refractivity contribution in [2.24, 2.45) is 0 Å². The fourth-order valence-electron chi connectivity index (χ4n) is 2.71. The molecule has 0 aliphatic carbocycles. The van der Waals surface area contributed by atoms with Crippen molar-refractivity contribution in [3.8, 4) is 5.88 Å². The van der Waals surface area contributed by atoms with Crippen LogP contribution in [0.15, 0.2) is 53.7 Å². The highest BCUT2D eigenvalue weighted by atomic mass is 35.5. The molecule has 0 spiro atoms. The largest absolute Gasteiger partial charge is 0.475 e. The summed E-state index contributed by atoms with van der Waals surface area (Å²) in [4.78, 5) is 20.0. The maximum absolute atomic E-state index is 13.2. The molecule has 0 atom stereocenters. The number of hydrogen-bond acceptors (Lipinski definition) is 7. The summed E-state index contributed by atoms with van der Waals surface area (Å²) in [6, 6.07) is 5.71. The zero-order valence-corrected chi connectivity index (χ0v) is 19.1. The minimum atomic E-state index is -4.89. The van der Waals surface area contributed by atoms with Gasteiger partial charge in [-0.3, -0.25) is 9.52 Å². The number of anilines is 1. The van der Waals surface area contributed by atoms with E-state index in [0.717, 1.165) is 24.4 Å². The number of benzene rings is 1. The number of pyridine rings is 2. The molecule has 34 heavy (non-hydrogen) atoms. The quantitative estimate of drug-likeness (QED) is 0.415. The first-order valence-corrected chi connectivity index (χ1v) is 11.5. The molecule has 0 saturated heterocycles. The molecule has 0 amide bonds. The number of alkyl halides is 3. The van der Waals surface area contributed by atoms with Gasteiger partial charge in [0.05, 0.1) is 32.8 Å². The molecule has 0 bridgehead atoms. The van der Waals surface area contributed by atoms with Gasteiger partial charge in [-0.05, 0) is 30.3 Å². The highest BCUT2D eigenvalue weighted by Gasteiger charge is 2.34. The maximum Gasteiger partial charge on any atom is 0.417 e. The Morgan fingerprint density at radius 2 is 1.85 bits per heavy atom. The van der Waals surface area contributed by atoms with Gasteiger partial charge in [0.2, 0.25) is 11.7 Å². The van der Waals surface area contributed by atoms with Gasteiger partial charge in [-0.15, -0.1) is 0 Å². The number of carbonyl (C=O) groups excluding carboxylic acids is 1. The number of hydrogen-bond donors (Lipinski definition) is 2. The van der Waals surface area contributed by atoms with Crippen molar-refractivity contribution in [1.29, 1.82) is 0 Å². The summed E-state index contributed by atoms with van der Waals surface area (Å²) < 4.78 is 72.4. The van der Waals surface area contributed by atoms with Crippen molar-refractivity contribution in [2.45, 2.75) is 11.1 Å². The molecule has 8 nitrogen and oxygen atoms in total. The third kappa shape index (κ3) is 5.95. The molecule has 2 N–H and O–H groups in total. The predicted molar refractivity (Wildman–Crippen MR) is 117 cm³/mol. The number of nitrogens with zero attached hydrogens (tertiary/aromatic N) is 2. The second-order valence-electron chi connectivity index (χ2n) is 6.58. The normalized spacial score (nSPS) is 11.8. The molecule has 2 heterocycles. The number of sulfonamides is 1. The van der Waals surface area contributed by atoms with Crippen LogP contribution < -0.4 is 9.46 Å². The average molecular weight is 536 g/mol. The second-order valence-corrected chi connectivity index (χ2v) is 9.10. The molecule has 0 aliphatic rings. The van der Waals surface area contributed by atoms with Gasteiger partial charge in [0.15, 0.2) is 0 Å². The summed E-state index contributed by atoms with van der Waals surface area (Å²) in [5, 5.41) is 8.13. The Morgan fingerprint density at radius 1 is 1.12 bits per heavy atom. The Bertz CT molecular complexity index is 1340. The van der Waals surface area contributed by atoms with E-state index in [1.54, 1.807) is 0 Å². The van der Waals surface area contributed by atoms with E-state index in [0.29, 0.717) is 6.07 Å². The van der Waals surface area contributed by atoms with Crippen LogP contribution in [0.3, 0.4) is 0 Å². The number of ketones is 1. The van der Waals surface area contributed by atoms with Crippen molar-refractivity contribution in [3.63, 3.8) is 0 Å². The molecule has 3 rings (SSSR count). The lowest BCUT2D eigenvalue weighted by molar-refractivity contribution is -0.137. The van der Waals surface area contributed by atoms with E-state index in [4.69, 9.17) is 33.0 Å². The van der Waals surface area contributed by atoms with Crippen molar-refractivity contribution in [1.82, 2.24) is 9.97 Å². The molecular weight excluding hydrogens is 522 g/mol. The third-order valence-corrected chi connectivity index (χ3v) is 6.10. The second kappa shape index (κ2) is 10.1. The third-order valence-electron chi connectivity index (χ3n) is 4.21. The number of nitrogens with one attached hydrogen (secondary N) is 1. The molecule has 0 aliphatic heterocycles. The smallest absolute Gasteiger partial charge is 0.417 e. The Kier molecular flexibility index (Phi) is 7.66. The lowest BCUT2D eigenvalue weighted by atomic mass is 10.1. The summed E-state index contributed by atoms with van der Waals surface area (Å²) in [6.45, 7) is -0.360. The van der Waals surface area contributed by atoms with E-state index < -0.39 is 37.5 Å². The Labute approximate surface area is 201 Å². The number of carbonyl (C=O) groups is 1. The monoisotopic (exact) mass is 535 g/mol. The van der Waals surface area contributed by atoms with Crippen molar-refractivity contribution in [2.75, 3.05) is 17.9 Å². The highest BCUT2D eigenvalue weighted by molar-refractivity contribution is 7.92. The van der Waals surface area contributed by atoms with Crippen LogP contribution in [0, 0.1) is 0 Å². The van der Waals surface area contributed by atoms with Crippen LogP contribution in [0.4, 0.5) is 18.9 Å². The van der Waals surface area contributed by atoms with Crippen LogP contribution in [0.25, 0.3) is 0 Å². The summed E-state index contributed by atoms with van der Waals surface area (Å²) >= 11 is 11.5. The van der Waals surface area contributed by atoms with Crippen LogP contribution in [0.2, 0.25) is 10.0 Å². The number of ether oxygens (including phenoxy) is 1. The van der Waals surface area contributed by atoms with Crippen molar-refractivity contribution >= 4 is 44.7 Å². The summed E-state index contributed by atoms with van der Waals surface area (Å²) in [7, 11) is -4.61. The fourth-order valence-corrected chi connectivity index (χ4v) is 4.17. The van der Waals surface area contributed by atoms with Gasteiger partial charge in [-0.2, -0.15) is 13.2 Å². The maximum atomic E-state index is 13.2. The van der Waals surface area contributed by atoms with Crippen molar-refractivity contribution < 1.29 is 36.2 Å². The lowest BCUT2D eigenvalue weighted by Crippen LogP contribution is -2.18. The molecule has 180 valence electrons. The molecule has 14 heteroatoms. The topological polar surface area (TPSA) is 118 Å². The lowest BCUT2D eigenvalue weighted by Gasteiger charge is -2.14. The molecule has 0 unspecified atom stereocenters. The van der Waals surface area contributed by atoms with Crippen LogP contribution in [0.5, 0.6) is 5.88 Å². The zero-order chi connectivity index (χ0) is 25.1. The first-order valence-electron chi connectivity index (χ1n) is 9.22. The Balaban J connectivity index is 2.00. The first kappa shape index (κ1) is 25.7. The number of aromatic nitrogens is 2. The zero-order valence-electron chi connectivity index (χ0n) is 16.8. The van der Waals surface area contributed by atoms with Gasteiger partial charge in [-0.1, -0.05) is 23.2 Å². The van der Waals surface area contributed by atoms with E-state index in [1.165, 1.54) is 18.3 Å². The molecule has 0 radical (unpaired) electrons. The number of rotatable bonds is 8. The molecule has 0 fully saturated rings. The molecule has 2 aromatic heterocycles. The number of aliphatic hydroxyl groups excluding tert-OH is 1. The number of halogens is 5. The van der Waals surface area contributed by atoms with Crippen molar-refractivity contribution in [3.05, 3.63) is 75.7 Å².